The van der Waals surface area contributed by atoms with E-state index >= 15 is 0 Å². The van der Waals surface area contributed by atoms with Crippen LogP contribution in [-0.4, -0.2) is 51.4 Å². The third-order valence-corrected chi connectivity index (χ3v) is 3.50. The maximum Gasteiger partial charge on any atom is 0.119 e. The fourth-order valence-electron chi connectivity index (χ4n) is 2.27. The van der Waals surface area contributed by atoms with Gasteiger partial charge < -0.3 is 14.8 Å². The molecule has 0 aromatic heterocycles. The number of hydrogen-bond acceptors (Lipinski definition) is 4. The van der Waals surface area contributed by atoms with Crippen molar-refractivity contribution in [1.82, 2.24) is 10.2 Å². The quantitative estimate of drug-likeness (QED) is 0.719. The molecule has 1 unspecified atom stereocenters. The van der Waals surface area contributed by atoms with E-state index in [-0.39, 0.29) is 6.10 Å². The van der Waals surface area contributed by atoms with Gasteiger partial charge in [-0.2, -0.15) is 0 Å². The van der Waals surface area contributed by atoms with Crippen molar-refractivity contribution in [3.63, 3.8) is 0 Å². The lowest BCUT2D eigenvalue weighted by Crippen LogP contribution is -2.35. The molecule has 0 aliphatic carbocycles. The Morgan fingerprint density at radius 3 is 2.33 bits per heavy atom. The summed E-state index contributed by atoms with van der Waals surface area (Å²) >= 11 is 0. The number of ether oxygens (including phenoxy) is 2. The molecular weight excluding hydrogens is 264 g/mol. The molecule has 0 radical (unpaired) electrons. The number of nitrogens with one attached hydrogen (secondary N) is 1. The lowest BCUT2D eigenvalue weighted by atomic mass is 10.1. The fourth-order valence-corrected chi connectivity index (χ4v) is 2.27. The van der Waals surface area contributed by atoms with Crippen LogP contribution in [0.4, 0.5) is 0 Å². The molecule has 0 bridgehead atoms. The van der Waals surface area contributed by atoms with Gasteiger partial charge in [-0.3, -0.25) is 4.90 Å². The maximum atomic E-state index is 5.69. The lowest BCUT2D eigenvalue weighted by molar-refractivity contribution is 0.144. The summed E-state index contributed by atoms with van der Waals surface area (Å²) in [5.41, 5.74) is 1.28. The van der Waals surface area contributed by atoms with E-state index in [0.29, 0.717) is 6.04 Å². The minimum absolute atomic E-state index is 0.209. The topological polar surface area (TPSA) is 33.7 Å². The van der Waals surface area contributed by atoms with Crippen LogP contribution in [0.15, 0.2) is 24.3 Å². The minimum atomic E-state index is 0.209. The van der Waals surface area contributed by atoms with E-state index < -0.39 is 0 Å². The third-order valence-electron chi connectivity index (χ3n) is 3.50. The zero-order chi connectivity index (χ0) is 15.7. The second-order valence-electron chi connectivity index (χ2n) is 5.46. The first-order chi connectivity index (χ1) is 10.1. The zero-order valence-electron chi connectivity index (χ0n) is 14.1. The van der Waals surface area contributed by atoms with E-state index in [9.17, 15) is 0 Å². The molecule has 0 fully saturated rings. The van der Waals surface area contributed by atoms with Crippen molar-refractivity contribution < 1.29 is 9.47 Å². The van der Waals surface area contributed by atoms with Gasteiger partial charge in [0.05, 0.1) is 12.7 Å². The van der Waals surface area contributed by atoms with Crippen LogP contribution in [0.2, 0.25) is 0 Å². The summed E-state index contributed by atoms with van der Waals surface area (Å²) in [6, 6.07) is 8.69. The smallest absolute Gasteiger partial charge is 0.119 e. The Bertz CT molecular complexity index is 379. The van der Waals surface area contributed by atoms with Crippen molar-refractivity contribution >= 4 is 0 Å². The first-order valence-electron chi connectivity index (χ1n) is 7.75. The molecule has 4 heteroatoms. The Balaban J connectivity index is 2.65. The Morgan fingerprint density at radius 2 is 1.86 bits per heavy atom. The largest absolute Gasteiger partial charge is 0.491 e. The molecular formula is C17H30N2O2. The van der Waals surface area contributed by atoms with Gasteiger partial charge in [0.2, 0.25) is 0 Å². The first kappa shape index (κ1) is 18.0. The summed E-state index contributed by atoms with van der Waals surface area (Å²) in [7, 11) is 3.75. The predicted molar refractivity (Wildman–Crippen MR) is 88.0 cm³/mol. The standard InChI is InChI=1S/C17H30N2O2/c1-6-19(11-12-20-5)13-17(18-4)15-7-9-16(10-8-15)21-14(2)3/h7-10,14,17-18H,6,11-13H2,1-5H3. The highest BCUT2D eigenvalue weighted by atomic mass is 16.5. The highest BCUT2D eigenvalue weighted by Crippen LogP contribution is 2.19. The Labute approximate surface area is 129 Å². The summed E-state index contributed by atoms with van der Waals surface area (Å²) in [6.07, 6.45) is 0.209. The number of rotatable bonds is 10. The van der Waals surface area contributed by atoms with Gasteiger partial charge in [-0.05, 0) is 45.1 Å². The average Bonchev–Trinajstić information content (AvgIpc) is 2.48. The number of benzene rings is 1. The molecule has 21 heavy (non-hydrogen) atoms. The molecule has 0 spiro atoms. The molecule has 1 aromatic carbocycles. The molecule has 0 aliphatic heterocycles. The van der Waals surface area contributed by atoms with Crippen LogP contribution in [0.25, 0.3) is 0 Å². The predicted octanol–water partition coefficient (Wildman–Crippen LogP) is 2.70. The maximum absolute atomic E-state index is 5.69. The highest BCUT2D eigenvalue weighted by Gasteiger charge is 2.13. The first-order valence-corrected chi connectivity index (χ1v) is 7.75. The zero-order valence-corrected chi connectivity index (χ0v) is 14.1. The number of hydrogen-bond donors (Lipinski definition) is 1. The van der Waals surface area contributed by atoms with E-state index in [2.05, 4.69) is 29.3 Å². The van der Waals surface area contributed by atoms with E-state index in [4.69, 9.17) is 9.47 Å². The van der Waals surface area contributed by atoms with Crippen molar-refractivity contribution in [3.8, 4) is 5.75 Å². The van der Waals surface area contributed by atoms with Gasteiger partial charge >= 0.3 is 0 Å². The second kappa shape index (κ2) is 9.77. The van der Waals surface area contributed by atoms with Gasteiger partial charge in [-0.25, -0.2) is 0 Å². The second-order valence-corrected chi connectivity index (χ2v) is 5.46. The van der Waals surface area contributed by atoms with Crippen LogP contribution in [-0.2, 0) is 4.74 Å². The lowest BCUT2D eigenvalue weighted by Gasteiger charge is -2.26. The molecule has 0 aliphatic rings. The molecule has 120 valence electrons. The Kier molecular flexibility index (Phi) is 8.35. The van der Waals surface area contributed by atoms with Crippen LogP contribution in [0, 0.1) is 0 Å². The van der Waals surface area contributed by atoms with E-state index in [0.717, 1.165) is 32.0 Å². The molecule has 0 heterocycles. The summed E-state index contributed by atoms with van der Waals surface area (Å²) in [6.45, 7) is 9.99. The fraction of sp³-hybridized carbons (Fsp3) is 0.647. The van der Waals surface area contributed by atoms with Crippen molar-refractivity contribution in [3.05, 3.63) is 29.8 Å². The average molecular weight is 294 g/mol. The Hall–Kier alpha value is -1.10. The molecule has 1 aromatic rings. The van der Waals surface area contributed by atoms with Gasteiger partial charge in [0.1, 0.15) is 5.75 Å². The van der Waals surface area contributed by atoms with E-state index in [1.165, 1.54) is 5.56 Å². The summed E-state index contributed by atoms with van der Waals surface area (Å²) in [4.78, 5) is 2.39. The van der Waals surface area contributed by atoms with Gasteiger partial charge in [0.15, 0.2) is 0 Å². The van der Waals surface area contributed by atoms with Gasteiger partial charge in [-0.15, -0.1) is 0 Å². The van der Waals surface area contributed by atoms with Crippen LogP contribution < -0.4 is 10.1 Å². The van der Waals surface area contributed by atoms with Crippen molar-refractivity contribution in [2.24, 2.45) is 0 Å². The molecule has 1 rings (SSSR count). The molecule has 0 saturated carbocycles. The van der Waals surface area contributed by atoms with Gasteiger partial charge in [-0.1, -0.05) is 19.1 Å². The van der Waals surface area contributed by atoms with Crippen molar-refractivity contribution in [2.75, 3.05) is 40.4 Å². The molecule has 4 nitrogen and oxygen atoms in total. The molecule has 0 saturated heterocycles. The number of likely N-dealkylation sites (N-methyl/N-ethyl adjacent to an activating group) is 2. The minimum Gasteiger partial charge on any atom is -0.491 e. The summed E-state index contributed by atoms with van der Waals surface area (Å²) in [5, 5.41) is 3.40. The van der Waals surface area contributed by atoms with Crippen LogP contribution in [0.1, 0.15) is 32.4 Å². The monoisotopic (exact) mass is 294 g/mol. The molecule has 1 N–H and O–H groups in total. The van der Waals surface area contributed by atoms with Gasteiger partial charge in [0, 0.05) is 26.2 Å². The normalized spacial score (nSPS) is 12.9. The van der Waals surface area contributed by atoms with Crippen molar-refractivity contribution in [1.29, 1.82) is 0 Å². The van der Waals surface area contributed by atoms with E-state index in [1.807, 2.05) is 33.0 Å². The summed E-state index contributed by atoms with van der Waals surface area (Å²) < 4.78 is 10.9. The SMILES string of the molecule is CCN(CCOC)CC(NC)c1ccc(OC(C)C)cc1. The van der Waals surface area contributed by atoms with E-state index in [1.54, 1.807) is 7.11 Å². The molecule has 0 amide bonds. The molecule has 1 atom stereocenters. The number of nitrogens with zero attached hydrogens (tertiary/aromatic N) is 1. The number of methoxy groups -OCH3 is 1. The highest BCUT2D eigenvalue weighted by molar-refractivity contribution is 5.29. The summed E-state index contributed by atoms with van der Waals surface area (Å²) in [5.74, 6) is 0.926. The van der Waals surface area contributed by atoms with Crippen LogP contribution in [0.5, 0.6) is 5.75 Å². The van der Waals surface area contributed by atoms with Gasteiger partial charge in [0.25, 0.3) is 0 Å². The van der Waals surface area contributed by atoms with Crippen LogP contribution in [0.3, 0.4) is 0 Å². The van der Waals surface area contributed by atoms with Crippen molar-refractivity contribution in [2.45, 2.75) is 32.9 Å². The third kappa shape index (κ3) is 6.46. The Morgan fingerprint density at radius 1 is 1.19 bits per heavy atom. The van der Waals surface area contributed by atoms with Crippen LogP contribution >= 0.6 is 0 Å².